The van der Waals surface area contributed by atoms with E-state index < -0.39 is 24.3 Å². The third-order valence-electron chi connectivity index (χ3n) is 1.92. The van der Waals surface area contributed by atoms with Gasteiger partial charge in [0.2, 0.25) is 5.91 Å². The van der Waals surface area contributed by atoms with E-state index >= 15 is 0 Å². The molecule has 0 saturated heterocycles. The summed E-state index contributed by atoms with van der Waals surface area (Å²) in [6.07, 6.45) is -0.392. The van der Waals surface area contributed by atoms with Crippen LogP contribution in [0.2, 0.25) is 0 Å². The van der Waals surface area contributed by atoms with Gasteiger partial charge in [-0.05, 0) is 40.8 Å². The first-order chi connectivity index (χ1) is 7.90. The number of hydrogen-bond donors (Lipinski definition) is 3. The molecule has 5 nitrogen and oxygen atoms in total. The first-order valence-corrected chi connectivity index (χ1v) is 6.50. The van der Waals surface area contributed by atoms with Crippen molar-refractivity contribution in [1.29, 1.82) is 0 Å². The summed E-state index contributed by atoms with van der Waals surface area (Å²) in [7, 11) is 0. The van der Waals surface area contributed by atoms with Crippen molar-refractivity contribution < 1.29 is 14.7 Å². The number of carboxylic acid groups (broad SMARTS) is 1. The van der Waals surface area contributed by atoms with Crippen LogP contribution in [-0.2, 0) is 9.59 Å². The Hall–Kier alpha value is -0.670. The summed E-state index contributed by atoms with van der Waals surface area (Å²) in [6, 6.07) is 4.34. The van der Waals surface area contributed by atoms with E-state index in [-0.39, 0.29) is 0 Å². The largest absolute Gasteiger partial charge is 0.481 e. The Morgan fingerprint density at radius 3 is 2.76 bits per heavy atom. The number of nitrogens with one attached hydrogen (secondary N) is 1. The molecule has 0 aromatic heterocycles. The van der Waals surface area contributed by atoms with Gasteiger partial charge in [-0.2, -0.15) is 0 Å². The Labute approximate surface area is 120 Å². The van der Waals surface area contributed by atoms with Crippen LogP contribution in [0.15, 0.2) is 22.7 Å². The van der Waals surface area contributed by atoms with Crippen molar-refractivity contribution in [1.82, 2.24) is 0 Å². The zero-order valence-electron chi connectivity index (χ0n) is 8.61. The average Bonchev–Trinajstić information content (AvgIpc) is 2.22. The number of nitrogens with two attached hydrogens (primary N) is 1. The van der Waals surface area contributed by atoms with Crippen LogP contribution in [0.5, 0.6) is 0 Å². The number of amides is 1. The molecular weight excluding hydrogens is 403 g/mol. The Balaban J connectivity index is 2.73. The summed E-state index contributed by atoms with van der Waals surface area (Å²) < 4.78 is 1.67. The van der Waals surface area contributed by atoms with E-state index in [1.54, 1.807) is 6.07 Å². The van der Waals surface area contributed by atoms with E-state index in [2.05, 4.69) is 43.8 Å². The SMILES string of the molecule is NC(CC(=O)O)C(=O)Nc1cc(Br)ccc1I. The lowest BCUT2D eigenvalue weighted by atomic mass is 10.2. The van der Waals surface area contributed by atoms with E-state index in [1.165, 1.54) is 0 Å². The van der Waals surface area contributed by atoms with E-state index in [4.69, 9.17) is 10.8 Å². The van der Waals surface area contributed by atoms with Crippen LogP contribution in [0.25, 0.3) is 0 Å². The van der Waals surface area contributed by atoms with Crippen LogP contribution in [0, 0.1) is 3.57 Å². The molecule has 1 unspecified atom stereocenters. The normalized spacial score (nSPS) is 11.9. The minimum absolute atomic E-state index is 0.392. The molecule has 0 aliphatic heterocycles. The highest BCUT2D eigenvalue weighted by Gasteiger charge is 2.17. The Morgan fingerprint density at radius 1 is 1.53 bits per heavy atom. The maximum atomic E-state index is 11.6. The van der Waals surface area contributed by atoms with Gasteiger partial charge in [-0.3, -0.25) is 9.59 Å². The molecule has 7 heteroatoms. The minimum atomic E-state index is -1.10. The molecule has 0 saturated carbocycles. The highest BCUT2D eigenvalue weighted by molar-refractivity contribution is 14.1. The van der Waals surface area contributed by atoms with E-state index in [1.807, 2.05) is 12.1 Å². The summed E-state index contributed by atoms with van der Waals surface area (Å²) in [5.41, 5.74) is 6.05. The van der Waals surface area contributed by atoms with Crippen molar-refractivity contribution >= 4 is 56.1 Å². The van der Waals surface area contributed by atoms with Gasteiger partial charge in [0.1, 0.15) is 0 Å². The molecule has 0 spiro atoms. The van der Waals surface area contributed by atoms with Gasteiger partial charge in [-0.1, -0.05) is 15.9 Å². The van der Waals surface area contributed by atoms with E-state index in [9.17, 15) is 9.59 Å². The second kappa shape index (κ2) is 6.31. The Bertz CT molecular complexity index is 453. The van der Waals surface area contributed by atoms with Gasteiger partial charge >= 0.3 is 5.97 Å². The number of carbonyl (C=O) groups is 2. The number of benzene rings is 1. The molecule has 1 rings (SSSR count). The molecule has 0 aliphatic carbocycles. The molecule has 1 atom stereocenters. The van der Waals surface area contributed by atoms with Crippen molar-refractivity contribution in [2.45, 2.75) is 12.5 Å². The van der Waals surface area contributed by atoms with Crippen molar-refractivity contribution in [2.75, 3.05) is 5.32 Å². The highest BCUT2D eigenvalue weighted by Crippen LogP contribution is 2.23. The van der Waals surface area contributed by atoms with Gasteiger partial charge in [0.05, 0.1) is 18.2 Å². The van der Waals surface area contributed by atoms with Crippen molar-refractivity contribution in [2.24, 2.45) is 5.73 Å². The summed E-state index contributed by atoms with van der Waals surface area (Å²) in [5, 5.41) is 11.1. The number of rotatable bonds is 4. The Morgan fingerprint density at radius 2 is 2.18 bits per heavy atom. The van der Waals surface area contributed by atoms with Gasteiger partial charge in [0.25, 0.3) is 0 Å². The number of carboxylic acids is 1. The number of hydrogen-bond acceptors (Lipinski definition) is 3. The lowest BCUT2D eigenvalue weighted by Gasteiger charge is -2.11. The summed E-state index contributed by atoms with van der Waals surface area (Å²) in [5.74, 6) is -1.61. The fraction of sp³-hybridized carbons (Fsp3) is 0.200. The Kier molecular flexibility index (Phi) is 5.34. The second-order valence-corrected chi connectivity index (χ2v) is 5.40. The molecular formula is C10H10BrIN2O3. The van der Waals surface area contributed by atoms with Gasteiger partial charge in [-0.25, -0.2) is 0 Å². The molecule has 0 bridgehead atoms. The third kappa shape index (κ3) is 4.60. The van der Waals surface area contributed by atoms with Crippen LogP contribution in [0.4, 0.5) is 5.69 Å². The first-order valence-electron chi connectivity index (χ1n) is 4.63. The number of halogens is 2. The summed E-state index contributed by atoms with van der Waals surface area (Å²) in [6.45, 7) is 0. The molecule has 1 amide bonds. The molecule has 4 N–H and O–H groups in total. The van der Waals surface area contributed by atoms with Gasteiger partial charge in [-0.15, -0.1) is 0 Å². The fourth-order valence-corrected chi connectivity index (χ4v) is 1.93. The van der Waals surface area contributed by atoms with Crippen LogP contribution in [0.1, 0.15) is 6.42 Å². The predicted molar refractivity (Wildman–Crippen MR) is 75.7 cm³/mol. The van der Waals surface area contributed by atoms with Crippen molar-refractivity contribution in [3.63, 3.8) is 0 Å². The van der Waals surface area contributed by atoms with Crippen molar-refractivity contribution in [3.8, 4) is 0 Å². The standard InChI is InChI=1S/C10H10BrIN2O3/c11-5-1-2-6(12)8(3-5)14-10(17)7(13)4-9(15)16/h1-3,7H,4,13H2,(H,14,17)(H,15,16). The first kappa shape index (κ1) is 14.4. The fourth-order valence-electron chi connectivity index (χ4n) is 1.10. The number of aliphatic carboxylic acids is 1. The second-order valence-electron chi connectivity index (χ2n) is 3.32. The molecule has 0 radical (unpaired) electrons. The maximum absolute atomic E-state index is 11.6. The molecule has 1 aromatic rings. The molecule has 0 heterocycles. The average molecular weight is 413 g/mol. The lowest BCUT2D eigenvalue weighted by molar-refractivity contribution is -0.138. The molecule has 17 heavy (non-hydrogen) atoms. The molecule has 92 valence electrons. The minimum Gasteiger partial charge on any atom is -0.481 e. The summed E-state index contributed by atoms with van der Waals surface area (Å²) in [4.78, 5) is 22.0. The van der Waals surface area contributed by atoms with Crippen LogP contribution in [-0.4, -0.2) is 23.0 Å². The van der Waals surface area contributed by atoms with Crippen LogP contribution >= 0.6 is 38.5 Å². The summed E-state index contributed by atoms with van der Waals surface area (Å²) >= 11 is 5.35. The quantitative estimate of drug-likeness (QED) is 0.657. The van der Waals surface area contributed by atoms with Crippen LogP contribution in [0.3, 0.4) is 0 Å². The van der Waals surface area contributed by atoms with E-state index in [0.29, 0.717) is 5.69 Å². The van der Waals surface area contributed by atoms with Crippen LogP contribution < -0.4 is 11.1 Å². The zero-order valence-corrected chi connectivity index (χ0v) is 12.4. The zero-order chi connectivity index (χ0) is 13.0. The number of anilines is 1. The number of carbonyl (C=O) groups excluding carboxylic acids is 1. The molecule has 1 aromatic carbocycles. The molecule has 0 fully saturated rings. The maximum Gasteiger partial charge on any atom is 0.305 e. The molecule has 0 aliphatic rings. The predicted octanol–water partition coefficient (Wildman–Crippen LogP) is 1.79. The topological polar surface area (TPSA) is 92.4 Å². The monoisotopic (exact) mass is 412 g/mol. The lowest BCUT2D eigenvalue weighted by Crippen LogP contribution is -2.37. The highest BCUT2D eigenvalue weighted by atomic mass is 127. The van der Waals surface area contributed by atoms with Gasteiger partial charge < -0.3 is 16.2 Å². The van der Waals surface area contributed by atoms with Gasteiger partial charge in [0, 0.05) is 8.04 Å². The smallest absolute Gasteiger partial charge is 0.305 e. The van der Waals surface area contributed by atoms with Crippen molar-refractivity contribution in [3.05, 3.63) is 26.2 Å². The van der Waals surface area contributed by atoms with Gasteiger partial charge in [0.15, 0.2) is 0 Å². The van der Waals surface area contributed by atoms with E-state index in [0.717, 1.165) is 8.04 Å². The third-order valence-corrected chi connectivity index (χ3v) is 3.35.